The molecule has 66 nitrogen and oxygen atoms in total. The van der Waals surface area contributed by atoms with E-state index in [0.717, 1.165) is 10.8 Å². The maximum Gasteiger partial charge on any atom is 0.342 e. The fourth-order valence-electron chi connectivity index (χ4n) is 12.0. The predicted molar refractivity (Wildman–Crippen MR) is 442 cm³/mol. The van der Waals surface area contributed by atoms with Crippen LogP contribution >= 0.6 is 0 Å². The number of imidazole rings is 1. The topological polar surface area (TPSA) is 1070 Å². The Morgan fingerprint density at radius 2 is 0.450 bits per heavy atom. The maximum absolute atomic E-state index is 14.2. The van der Waals surface area contributed by atoms with Crippen LogP contribution in [0.5, 0.6) is 0 Å². The molecule has 31 N–H and O–H groups in total. The number of carboxylic acid groups (broad SMARTS) is 15. The Kier molecular flexibility index (Phi) is 52.6. The molecule has 1 aromatic rings. The van der Waals surface area contributed by atoms with Gasteiger partial charge in [0, 0.05) is 64.8 Å². The molecule has 1 rings (SSSR count). The Bertz CT molecular complexity index is 4800. The zero-order valence-corrected chi connectivity index (χ0v) is 73.1. The summed E-state index contributed by atoms with van der Waals surface area (Å²) in [6.45, 7) is 0.945. The predicted octanol–water partition coefficient (Wildman–Crippen LogP) is -12.2. The average Bonchev–Trinajstić information content (AvgIpc) is 1.53. The number of aldehydes is 1. The zero-order valence-electron chi connectivity index (χ0n) is 73.1. The van der Waals surface area contributed by atoms with Gasteiger partial charge in [-0.25, -0.2) is 15.0 Å². The van der Waals surface area contributed by atoms with Gasteiger partial charge in [0.15, 0.2) is 5.82 Å². The highest BCUT2D eigenvalue weighted by Gasteiger charge is 2.42. The van der Waals surface area contributed by atoms with E-state index in [1.807, 2.05) is 42.5 Å². The lowest BCUT2D eigenvalue weighted by atomic mass is 10.0. The quantitative estimate of drug-likeness (QED) is 0.0125. The molecule has 0 unspecified atom stereocenters. The number of nitro groups is 1. The number of nitrogens with zero attached hydrogens (tertiary/aromatic N) is 3. The molecule has 0 spiro atoms. The Morgan fingerprint density at radius 3 is 0.636 bits per heavy atom. The zero-order chi connectivity index (χ0) is 107. The van der Waals surface area contributed by atoms with Gasteiger partial charge in [-0.05, 0) is 56.3 Å². The number of carbonyl (C=O) groups excluding carboxylic acids is 15. The minimum Gasteiger partial charge on any atom is -0.481 e. The summed E-state index contributed by atoms with van der Waals surface area (Å²) in [6, 6.07) is -35.0. The largest absolute Gasteiger partial charge is 0.481 e. The van der Waals surface area contributed by atoms with Crippen molar-refractivity contribution in [2.45, 2.75) is 252 Å². The van der Waals surface area contributed by atoms with E-state index in [2.05, 4.69) is 15.8 Å². The van der Waals surface area contributed by atoms with E-state index in [-0.39, 0.29) is 25.2 Å². The summed E-state index contributed by atoms with van der Waals surface area (Å²) in [7, 11) is 0. The number of aromatic nitrogens is 2. The lowest BCUT2D eigenvalue weighted by Crippen LogP contribution is -2.61. The van der Waals surface area contributed by atoms with Crippen LogP contribution < -0.4 is 85.3 Å². The Balaban J connectivity index is 3.85. The molecular weight excluding hydrogens is 1910 g/mol. The van der Waals surface area contributed by atoms with Crippen molar-refractivity contribution in [3.05, 3.63) is 22.1 Å². The molecule has 774 valence electrons. The van der Waals surface area contributed by atoms with Crippen LogP contribution in [0.2, 0.25) is 0 Å². The van der Waals surface area contributed by atoms with Crippen LogP contribution in [0.4, 0.5) is 5.82 Å². The van der Waals surface area contributed by atoms with E-state index in [0.29, 0.717) is 0 Å². The highest BCUT2D eigenvalue weighted by atomic mass is 16.6. The van der Waals surface area contributed by atoms with Gasteiger partial charge in [0.1, 0.15) is 104 Å². The summed E-state index contributed by atoms with van der Waals surface area (Å²) in [5.41, 5.74) is 4.92. The third-order valence-electron chi connectivity index (χ3n) is 18.8. The van der Waals surface area contributed by atoms with Crippen LogP contribution in [0.3, 0.4) is 0 Å². The van der Waals surface area contributed by atoms with Gasteiger partial charge >= 0.3 is 95.4 Å². The summed E-state index contributed by atoms with van der Waals surface area (Å²) in [5.74, 6) is -51.9. The first-order chi connectivity index (χ1) is 65.2. The first kappa shape index (κ1) is 121. The van der Waals surface area contributed by atoms with Gasteiger partial charge in [0.2, 0.25) is 82.7 Å². The van der Waals surface area contributed by atoms with E-state index in [1.165, 1.54) is 6.92 Å². The molecule has 140 heavy (non-hydrogen) atoms. The van der Waals surface area contributed by atoms with Crippen LogP contribution in [0.1, 0.15) is 154 Å². The van der Waals surface area contributed by atoms with E-state index in [4.69, 9.17) is 5.11 Å². The van der Waals surface area contributed by atoms with Crippen molar-refractivity contribution in [2.24, 2.45) is 0 Å². The van der Waals surface area contributed by atoms with Crippen molar-refractivity contribution in [2.75, 3.05) is 6.54 Å². The molecule has 1 heterocycles. The van der Waals surface area contributed by atoms with Gasteiger partial charge in [-0.2, -0.15) is 0 Å². The second-order valence-electron chi connectivity index (χ2n) is 29.9. The van der Waals surface area contributed by atoms with Gasteiger partial charge in [0.25, 0.3) is 0 Å². The number of aryl methyl sites for hydroxylation is 1. The molecule has 0 fully saturated rings. The standard InChI is InChI=1S/C74H101N19O47/c1-29-75-27-45(93(139)140)92(29)19-18-76-91-37(9-17-53(109)110)67(131)90-44(26-60(123)124)74(138)83-36(8-16-52(107)108)66(130)89-43(25-59(121)122)73(137)82-35(7-15-51(105)106)65(129)88-42(24-58(119)120)72(136)81-34(6-14-50(103)104)64(128)87-41(23-57(117)118)71(135)80-33(5-13-49(101)102)63(127)86-40(22-56(115)116)70(134)79-32(4-12-48(99)100)62(126)85-39(21-55(113)114)69(133)78-31(3-11-47(97)98)61(125)84-38(20-54(111)112)68(132)77-30(28-94)2-10-46(95)96/h27-28,30-44,76,91H,2-26H2,1H3,(H,77,132)(H,78,133)(H,79,134)(H,80,135)(H,81,136)(H,82,137)(H,83,138)(H,84,125)(H,85,126)(H,86,127)(H,87,128)(H,88,129)(H,89,130)(H,90,131)(H,95,96)(H,97,98)(H,99,100)(H,101,102)(H,103,104)(H,105,106)(H,107,108)(H,109,110)(H,111,112)(H,113,114)(H,115,116)(H,117,118)(H,119,120)(H,121,122)(H,123,124)/t30-,31-,32-,33-,34-,35-,36-,37-,38-,39-,40-,41-,42-,43-,44-/m0/s1. The molecule has 1 aromatic heterocycles. The second kappa shape index (κ2) is 61.0. The molecule has 0 aliphatic heterocycles. The summed E-state index contributed by atoms with van der Waals surface area (Å²) in [6.07, 6.45) is -26.1. The number of amides is 14. The van der Waals surface area contributed by atoms with Gasteiger partial charge < -0.3 is 166 Å². The first-order valence-electron chi connectivity index (χ1n) is 40.9. The van der Waals surface area contributed by atoms with E-state index < -0.39 is 421 Å². The molecule has 0 radical (unpaired) electrons. The number of nitrogens with one attached hydrogen (secondary N) is 16. The molecule has 0 aromatic carbocycles. The van der Waals surface area contributed by atoms with Gasteiger partial charge in [-0.1, -0.05) is 0 Å². The number of rotatable bonds is 73. The summed E-state index contributed by atoms with van der Waals surface area (Å²) >= 11 is 0. The number of carbonyl (C=O) groups is 30. The molecule has 0 saturated heterocycles. The fourth-order valence-corrected chi connectivity index (χ4v) is 12.0. The molecule has 15 atom stereocenters. The van der Waals surface area contributed by atoms with E-state index >= 15 is 0 Å². The van der Waals surface area contributed by atoms with Crippen LogP contribution in [0, 0.1) is 17.0 Å². The molecular formula is C74H101N19O47. The van der Waals surface area contributed by atoms with Crippen molar-refractivity contribution in [3.63, 3.8) is 0 Å². The second-order valence-corrected chi connectivity index (χ2v) is 29.9. The monoisotopic (exact) mass is 2010 g/mol. The normalized spacial score (nSPS) is 14.0. The average molecular weight is 2010 g/mol. The maximum atomic E-state index is 14.2. The third kappa shape index (κ3) is 48.7. The first-order valence-corrected chi connectivity index (χ1v) is 40.9. The highest BCUT2D eigenvalue weighted by molar-refractivity contribution is 6.03. The lowest BCUT2D eigenvalue weighted by molar-refractivity contribution is -0.392. The molecule has 0 aliphatic carbocycles. The molecule has 0 bridgehead atoms. The van der Waals surface area contributed by atoms with E-state index in [1.54, 1.807) is 31.9 Å². The van der Waals surface area contributed by atoms with Crippen molar-refractivity contribution < 1.29 is 225 Å². The highest BCUT2D eigenvalue weighted by Crippen LogP contribution is 2.16. The summed E-state index contributed by atoms with van der Waals surface area (Å²) in [4.78, 5) is 400. The van der Waals surface area contributed by atoms with Crippen molar-refractivity contribution in [1.29, 1.82) is 0 Å². The minimum absolute atomic E-state index is 0.0379. The van der Waals surface area contributed by atoms with Crippen LogP contribution in [-0.2, 0) is 150 Å². The summed E-state index contributed by atoms with van der Waals surface area (Å²) < 4.78 is 1.12. The number of carboxylic acids is 15. The van der Waals surface area contributed by atoms with Gasteiger partial charge in [-0.15, -0.1) is 0 Å². The van der Waals surface area contributed by atoms with Crippen molar-refractivity contribution in [3.8, 4) is 0 Å². The Hall–Kier alpha value is -17.2. The molecule has 66 heteroatoms. The Labute approximate surface area is 782 Å². The molecule has 0 aliphatic rings. The van der Waals surface area contributed by atoms with Crippen LogP contribution in [0.15, 0.2) is 6.20 Å². The minimum atomic E-state index is -2.64. The smallest absolute Gasteiger partial charge is 0.342 e. The van der Waals surface area contributed by atoms with Crippen molar-refractivity contribution in [1.82, 2.24) is 94.8 Å². The number of aliphatic carboxylic acids is 15. The molecule has 14 amide bonds. The number of hydrazine groups is 1. The van der Waals surface area contributed by atoms with Crippen LogP contribution in [-0.4, -0.2) is 367 Å². The Morgan fingerprint density at radius 1 is 0.279 bits per heavy atom. The SMILES string of the molecule is Cc1ncc([N+](=O)[O-])n1CCNN[C@@H](CCC(=O)O)C(=O)N[C@@H](CC(=O)O)C(=O)N[C@@H](CCC(=O)O)C(=O)N[C@@H](CC(=O)O)C(=O)N[C@@H](CCC(=O)O)C(=O)N[C@@H](CC(=O)O)C(=O)N[C@@H](CCC(=O)O)C(=O)N[C@@H](CC(=O)O)C(=O)N[C@@H](CCC(=O)O)C(=O)N[C@@H](CC(=O)O)C(=O)N[C@@H](CCC(=O)O)C(=O)N[C@@H](CC(=O)O)C(=O)N[C@@H](CCC(=O)O)C(=O)N[C@@H](CC(=O)O)C(=O)N[C@H](C=O)CCC(=O)O. The van der Waals surface area contributed by atoms with Gasteiger partial charge in [-0.3, -0.25) is 144 Å². The molecule has 0 saturated carbocycles. The fraction of sp³-hybridized carbons (Fsp3) is 0.554. The number of hydrogen-bond acceptors (Lipinski definition) is 35. The van der Waals surface area contributed by atoms with Crippen LogP contribution in [0.25, 0.3) is 0 Å². The lowest BCUT2D eigenvalue weighted by Gasteiger charge is -2.28. The summed E-state index contributed by atoms with van der Waals surface area (Å²) in [5, 5.41) is 182. The number of hydrogen-bond donors (Lipinski definition) is 31. The third-order valence-corrected chi connectivity index (χ3v) is 18.8. The van der Waals surface area contributed by atoms with Gasteiger partial charge in [0.05, 0.1) is 51.0 Å². The van der Waals surface area contributed by atoms with Crippen molar-refractivity contribution >= 4 is 184 Å². The van der Waals surface area contributed by atoms with E-state index in [9.17, 15) is 225 Å².